The van der Waals surface area contributed by atoms with Crippen molar-refractivity contribution in [1.29, 1.82) is 0 Å². The number of pyridine rings is 1. The van der Waals surface area contributed by atoms with Crippen molar-refractivity contribution in [2.45, 2.75) is 58.0 Å². The Bertz CT molecular complexity index is 1350. The van der Waals surface area contributed by atoms with Crippen LogP contribution in [0.3, 0.4) is 0 Å². The lowest BCUT2D eigenvalue weighted by Gasteiger charge is -2.33. The van der Waals surface area contributed by atoms with Crippen molar-refractivity contribution in [3.05, 3.63) is 70.2 Å². The summed E-state index contributed by atoms with van der Waals surface area (Å²) in [6.45, 7) is 3.73. The Balaban J connectivity index is 1.58. The number of anilines is 1. The van der Waals surface area contributed by atoms with Crippen molar-refractivity contribution in [1.82, 2.24) is 15.1 Å². The number of amides is 2. The third-order valence-corrected chi connectivity index (χ3v) is 7.16. The number of carbonyl (C=O) groups excluding carboxylic acids is 2. The molecule has 0 radical (unpaired) electrons. The number of aryl methyl sites for hydroxylation is 1. The predicted octanol–water partition coefficient (Wildman–Crippen LogP) is 4.87. The molecule has 0 unspecified atom stereocenters. The molecule has 38 heavy (non-hydrogen) atoms. The molecule has 4 rings (SSSR count). The fourth-order valence-electron chi connectivity index (χ4n) is 4.74. The van der Waals surface area contributed by atoms with Crippen LogP contribution in [0.1, 0.15) is 48.8 Å². The Labute approximate surface area is 222 Å². The van der Waals surface area contributed by atoms with Gasteiger partial charge in [0, 0.05) is 49.8 Å². The van der Waals surface area contributed by atoms with E-state index >= 15 is 4.39 Å². The van der Waals surface area contributed by atoms with E-state index in [4.69, 9.17) is 11.6 Å². The Morgan fingerprint density at radius 3 is 2.63 bits per heavy atom. The van der Waals surface area contributed by atoms with Crippen LogP contribution >= 0.6 is 11.6 Å². The van der Waals surface area contributed by atoms with Gasteiger partial charge >= 0.3 is 0 Å². The molecule has 2 amide bonds. The van der Waals surface area contributed by atoms with Gasteiger partial charge < -0.3 is 15.8 Å². The first-order valence-electron chi connectivity index (χ1n) is 12.2. The third kappa shape index (κ3) is 5.77. The topological polar surface area (TPSA) is 103 Å². The monoisotopic (exact) mass is 549 g/mol. The highest BCUT2D eigenvalue weighted by Crippen LogP contribution is 2.38. The third-order valence-electron chi connectivity index (χ3n) is 6.84. The van der Waals surface area contributed by atoms with E-state index in [1.54, 1.807) is 6.92 Å². The van der Waals surface area contributed by atoms with Crippen molar-refractivity contribution in [2.24, 2.45) is 5.92 Å². The van der Waals surface area contributed by atoms with Crippen LogP contribution in [0.2, 0.25) is 5.02 Å². The molecule has 2 N–H and O–H groups in total. The zero-order valence-corrected chi connectivity index (χ0v) is 21.6. The van der Waals surface area contributed by atoms with Crippen LogP contribution in [0.15, 0.2) is 42.7 Å². The molecule has 2 aromatic heterocycles. The molecule has 1 aliphatic carbocycles. The van der Waals surface area contributed by atoms with E-state index in [2.05, 4.69) is 15.7 Å². The number of rotatable bonds is 7. The zero-order chi connectivity index (χ0) is 27.6. The first kappa shape index (κ1) is 27.4. The van der Waals surface area contributed by atoms with Crippen molar-refractivity contribution < 1.29 is 27.5 Å². The first-order valence-corrected chi connectivity index (χ1v) is 12.6. The van der Waals surface area contributed by atoms with Crippen molar-refractivity contribution in [2.75, 3.05) is 5.32 Å². The minimum absolute atomic E-state index is 0.0344. The highest BCUT2D eigenvalue weighted by Gasteiger charge is 2.40. The maximum absolute atomic E-state index is 15.1. The number of hydrogen-bond acceptors (Lipinski definition) is 4. The van der Waals surface area contributed by atoms with E-state index in [1.807, 2.05) is 0 Å². The summed E-state index contributed by atoms with van der Waals surface area (Å²) in [7, 11) is 0. The highest BCUT2D eigenvalue weighted by molar-refractivity contribution is 6.33. The fourth-order valence-corrected chi connectivity index (χ4v) is 5.03. The van der Waals surface area contributed by atoms with Crippen LogP contribution in [-0.2, 0) is 11.3 Å². The standard InChI is InChI=1S/C26H27ClF3N5O3/c1-3-34-21(8-12-31-34)24(36)33-23(16-6-10-26(29,30)11-7-16)25(37)32-17-4-5-18(20(28)14-17)22-15(2)35(38)13-9-19(22)27/h4-5,8-9,12-14,16,23H,3,6-7,10-11H2,1-2H3,(H,32,37)(H,33,36)/t23-/m0/s1. The molecule has 1 aliphatic rings. The van der Waals surface area contributed by atoms with Crippen molar-refractivity contribution >= 4 is 29.1 Å². The average Bonchev–Trinajstić information content (AvgIpc) is 3.35. The van der Waals surface area contributed by atoms with Crippen LogP contribution in [0.4, 0.5) is 18.9 Å². The van der Waals surface area contributed by atoms with E-state index in [0.29, 0.717) is 11.3 Å². The zero-order valence-electron chi connectivity index (χ0n) is 20.8. The molecule has 8 nitrogen and oxygen atoms in total. The van der Waals surface area contributed by atoms with E-state index in [-0.39, 0.29) is 46.1 Å². The highest BCUT2D eigenvalue weighted by atomic mass is 35.5. The Morgan fingerprint density at radius 1 is 1.26 bits per heavy atom. The van der Waals surface area contributed by atoms with E-state index in [1.165, 1.54) is 48.3 Å². The molecule has 3 aromatic rings. The molecule has 0 aliphatic heterocycles. The lowest BCUT2D eigenvalue weighted by atomic mass is 9.81. The largest absolute Gasteiger partial charge is 0.618 e. The second kappa shape index (κ2) is 11.0. The summed E-state index contributed by atoms with van der Waals surface area (Å²) in [5, 5.41) is 21.5. The van der Waals surface area contributed by atoms with Gasteiger partial charge in [-0.05, 0) is 49.9 Å². The van der Waals surface area contributed by atoms with E-state index in [9.17, 15) is 23.6 Å². The maximum Gasteiger partial charge on any atom is 0.270 e. The summed E-state index contributed by atoms with van der Waals surface area (Å²) in [5.74, 6) is -5.32. The average molecular weight is 550 g/mol. The van der Waals surface area contributed by atoms with Gasteiger partial charge in [0.15, 0.2) is 11.9 Å². The van der Waals surface area contributed by atoms with Gasteiger partial charge in [0.05, 0.1) is 10.6 Å². The molecular weight excluding hydrogens is 523 g/mol. The SMILES string of the molecule is CCn1nccc1C(=O)N[C@H](C(=O)Nc1ccc(-c2c(Cl)cc[n+]([O-])c2C)c(F)c1)C1CCC(F)(F)CC1. The molecule has 1 aromatic carbocycles. The Hall–Kier alpha value is -3.60. The fraction of sp³-hybridized carbons (Fsp3) is 0.385. The molecule has 0 spiro atoms. The van der Waals surface area contributed by atoms with Gasteiger partial charge in [-0.15, -0.1) is 0 Å². The predicted molar refractivity (Wildman–Crippen MR) is 135 cm³/mol. The number of hydrogen-bond donors (Lipinski definition) is 2. The van der Waals surface area contributed by atoms with E-state index < -0.39 is 48.4 Å². The number of halogens is 4. The number of carbonyl (C=O) groups is 2. The molecule has 202 valence electrons. The van der Waals surface area contributed by atoms with Gasteiger partial charge in [-0.2, -0.15) is 9.83 Å². The number of benzene rings is 1. The van der Waals surface area contributed by atoms with Gasteiger partial charge in [-0.3, -0.25) is 14.3 Å². The molecule has 1 fully saturated rings. The Morgan fingerprint density at radius 2 is 1.97 bits per heavy atom. The first-order chi connectivity index (χ1) is 18.0. The van der Waals surface area contributed by atoms with Crippen molar-refractivity contribution in [3.63, 3.8) is 0 Å². The van der Waals surface area contributed by atoms with Crippen LogP contribution < -0.4 is 15.4 Å². The molecule has 2 heterocycles. The van der Waals surface area contributed by atoms with Crippen molar-refractivity contribution in [3.8, 4) is 11.1 Å². The number of nitrogens with one attached hydrogen (secondary N) is 2. The smallest absolute Gasteiger partial charge is 0.270 e. The number of nitrogens with zero attached hydrogens (tertiary/aromatic N) is 3. The van der Waals surface area contributed by atoms with Gasteiger partial charge in [0.25, 0.3) is 5.91 Å². The summed E-state index contributed by atoms with van der Waals surface area (Å²) in [6, 6.07) is 5.62. The molecule has 0 bridgehead atoms. The molecule has 1 atom stereocenters. The van der Waals surface area contributed by atoms with Crippen LogP contribution in [0.5, 0.6) is 0 Å². The van der Waals surface area contributed by atoms with E-state index in [0.717, 1.165) is 6.07 Å². The maximum atomic E-state index is 15.1. The van der Waals surface area contributed by atoms with Gasteiger partial charge in [-0.25, -0.2) is 13.2 Å². The van der Waals surface area contributed by atoms with Gasteiger partial charge in [0.2, 0.25) is 11.8 Å². The summed E-state index contributed by atoms with van der Waals surface area (Å²) in [6.07, 6.45) is 1.94. The van der Waals surface area contributed by atoms with Crippen LogP contribution in [0, 0.1) is 23.9 Å². The normalized spacial score (nSPS) is 16.2. The Kier molecular flexibility index (Phi) is 7.96. The lowest BCUT2D eigenvalue weighted by molar-refractivity contribution is -0.611. The lowest BCUT2D eigenvalue weighted by Crippen LogP contribution is -2.50. The second-order valence-electron chi connectivity index (χ2n) is 9.31. The van der Waals surface area contributed by atoms with Gasteiger partial charge in [0.1, 0.15) is 17.6 Å². The molecule has 1 saturated carbocycles. The number of aromatic nitrogens is 3. The summed E-state index contributed by atoms with van der Waals surface area (Å²) in [4.78, 5) is 26.3. The van der Waals surface area contributed by atoms with Crippen LogP contribution in [0.25, 0.3) is 11.1 Å². The molecular formula is C26H27ClF3N5O3. The minimum Gasteiger partial charge on any atom is -0.618 e. The summed E-state index contributed by atoms with van der Waals surface area (Å²) < 4.78 is 44.8. The second-order valence-corrected chi connectivity index (χ2v) is 9.72. The minimum atomic E-state index is -2.82. The summed E-state index contributed by atoms with van der Waals surface area (Å²) in [5.41, 5.74) is 0.821. The quantitative estimate of drug-likeness (QED) is 0.324. The molecule has 0 saturated heterocycles. The van der Waals surface area contributed by atoms with Gasteiger partial charge in [-0.1, -0.05) is 11.6 Å². The number of alkyl halides is 2. The molecule has 12 heteroatoms. The van der Waals surface area contributed by atoms with Crippen LogP contribution in [-0.4, -0.2) is 33.6 Å². The summed E-state index contributed by atoms with van der Waals surface area (Å²) >= 11 is 6.20.